The van der Waals surface area contributed by atoms with Gasteiger partial charge in [0.1, 0.15) is 5.82 Å². The van der Waals surface area contributed by atoms with Gasteiger partial charge in [0.15, 0.2) is 0 Å². The summed E-state index contributed by atoms with van der Waals surface area (Å²) in [6, 6.07) is 6.32. The van der Waals surface area contributed by atoms with Crippen molar-refractivity contribution in [1.29, 1.82) is 0 Å². The van der Waals surface area contributed by atoms with Crippen molar-refractivity contribution in [3.05, 3.63) is 66.0 Å². The topological polar surface area (TPSA) is 50.1 Å². The third-order valence-corrected chi connectivity index (χ3v) is 4.96. The lowest BCUT2D eigenvalue weighted by Gasteiger charge is -2.26. The molecule has 0 aliphatic carbocycles. The van der Waals surface area contributed by atoms with Crippen LogP contribution in [0.5, 0.6) is 0 Å². The van der Waals surface area contributed by atoms with Crippen molar-refractivity contribution in [3.63, 3.8) is 0 Å². The van der Waals surface area contributed by atoms with Crippen LogP contribution in [0, 0.1) is 5.82 Å². The van der Waals surface area contributed by atoms with E-state index < -0.39 is 0 Å². The third kappa shape index (κ3) is 4.54. The number of benzene rings is 1. The number of halogens is 1. The molecule has 1 aliphatic rings. The Kier molecular flexibility index (Phi) is 5.62. The van der Waals surface area contributed by atoms with Crippen LogP contribution in [0.2, 0.25) is 0 Å². The fourth-order valence-corrected chi connectivity index (χ4v) is 3.54. The minimum atomic E-state index is -0.246. The first-order valence-corrected chi connectivity index (χ1v) is 9.71. The van der Waals surface area contributed by atoms with Crippen LogP contribution in [0.1, 0.15) is 30.4 Å². The lowest BCUT2D eigenvalue weighted by Crippen LogP contribution is -2.31. The molecule has 1 aromatic carbocycles. The van der Waals surface area contributed by atoms with E-state index in [2.05, 4.69) is 31.9 Å². The molecular weight excluding hydrogens is 355 g/mol. The van der Waals surface area contributed by atoms with Crippen molar-refractivity contribution in [3.8, 4) is 5.69 Å². The maximum Gasteiger partial charge on any atom is 0.225 e. The number of aromatic nitrogens is 4. The van der Waals surface area contributed by atoms with Crippen molar-refractivity contribution in [2.75, 3.05) is 25.0 Å². The lowest BCUT2D eigenvalue weighted by atomic mass is 10.1. The summed E-state index contributed by atoms with van der Waals surface area (Å²) in [7, 11) is 2.06. The van der Waals surface area contributed by atoms with Crippen LogP contribution in [0.15, 0.2) is 49.1 Å². The summed E-state index contributed by atoms with van der Waals surface area (Å²) in [4.78, 5) is 13.6. The maximum absolute atomic E-state index is 13.1. The lowest BCUT2D eigenvalue weighted by molar-refractivity contribution is 0.318. The predicted octanol–water partition coefficient (Wildman–Crippen LogP) is 3.42. The zero-order valence-corrected chi connectivity index (χ0v) is 16.1. The molecule has 0 amide bonds. The predicted molar refractivity (Wildman–Crippen MR) is 107 cm³/mol. The zero-order valence-electron chi connectivity index (χ0n) is 16.1. The largest absolute Gasteiger partial charge is 0.341 e. The SMILES string of the molecule is CN(Cc1cnc(N2CCCCC2)nc1)Cc1cnn(-c2ccc(F)cc2)c1. The van der Waals surface area contributed by atoms with Gasteiger partial charge in [-0.2, -0.15) is 5.10 Å². The molecule has 6 nitrogen and oxygen atoms in total. The van der Waals surface area contributed by atoms with Gasteiger partial charge in [0, 0.05) is 55.9 Å². The Bertz CT molecular complexity index is 884. The van der Waals surface area contributed by atoms with Gasteiger partial charge in [-0.1, -0.05) is 0 Å². The van der Waals surface area contributed by atoms with Gasteiger partial charge in [-0.3, -0.25) is 4.90 Å². The number of nitrogens with zero attached hydrogens (tertiary/aromatic N) is 6. The van der Waals surface area contributed by atoms with Crippen molar-refractivity contribution < 1.29 is 4.39 Å². The Balaban J connectivity index is 1.34. The number of hydrogen-bond donors (Lipinski definition) is 0. The van der Waals surface area contributed by atoms with E-state index in [4.69, 9.17) is 0 Å². The quantitative estimate of drug-likeness (QED) is 0.656. The Morgan fingerprint density at radius 3 is 2.32 bits per heavy atom. The molecule has 0 atom stereocenters. The number of hydrogen-bond acceptors (Lipinski definition) is 5. The van der Waals surface area contributed by atoms with Crippen LogP contribution in [-0.4, -0.2) is 44.8 Å². The van der Waals surface area contributed by atoms with Crippen molar-refractivity contribution in [2.24, 2.45) is 0 Å². The average molecular weight is 380 g/mol. The van der Waals surface area contributed by atoms with E-state index >= 15 is 0 Å². The van der Waals surface area contributed by atoms with Crippen LogP contribution in [-0.2, 0) is 13.1 Å². The van der Waals surface area contributed by atoms with Gasteiger partial charge in [-0.05, 0) is 50.6 Å². The van der Waals surface area contributed by atoms with Crippen LogP contribution in [0.4, 0.5) is 10.3 Å². The Morgan fingerprint density at radius 2 is 1.61 bits per heavy atom. The van der Waals surface area contributed by atoms with Gasteiger partial charge >= 0.3 is 0 Å². The average Bonchev–Trinajstić information content (AvgIpc) is 3.18. The number of rotatable bonds is 6. The minimum absolute atomic E-state index is 0.246. The molecule has 4 rings (SSSR count). The van der Waals surface area contributed by atoms with E-state index in [0.29, 0.717) is 0 Å². The highest BCUT2D eigenvalue weighted by atomic mass is 19.1. The first-order chi connectivity index (χ1) is 13.7. The van der Waals surface area contributed by atoms with Crippen molar-refractivity contribution in [1.82, 2.24) is 24.6 Å². The molecule has 0 spiro atoms. The highest BCUT2D eigenvalue weighted by molar-refractivity contribution is 5.32. The summed E-state index contributed by atoms with van der Waals surface area (Å²) in [5, 5.41) is 4.38. The molecule has 0 bridgehead atoms. The van der Waals surface area contributed by atoms with Crippen molar-refractivity contribution in [2.45, 2.75) is 32.4 Å². The van der Waals surface area contributed by atoms with Gasteiger partial charge in [-0.25, -0.2) is 19.0 Å². The maximum atomic E-state index is 13.1. The standard InChI is InChI=1S/C21H25FN6/c1-26(14-17-11-23-21(24-12-17)27-9-3-2-4-10-27)15-18-13-25-28(16-18)20-7-5-19(22)6-8-20/h5-8,11-13,16H,2-4,9-10,14-15H2,1H3. The molecule has 3 heterocycles. The summed E-state index contributed by atoms with van der Waals surface area (Å²) in [6.45, 7) is 3.63. The molecule has 7 heteroatoms. The van der Waals surface area contributed by atoms with Crippen LogP contribution in [0.25, 0.3) is 5.69 Å². The highest BCUT2D eigenvalue weighted by Gasteiger charge is 2.13. The van der Waals surface area contributed by atoms with E-state index in [0.717, 1.165) is 48.9 Å². The summed E-state index contributed by atoms with van der Waals surface area (Å²) >= 11 is 0. The van der Waals surface area contributed by atoms with Gasteiger partial charge in [0.25, 0.3) is 0 Å². The molecule has 2 aromatic heterocycles. The Hall–Kier alpha value is -2.80. The van der Waals surface area contributed by atoms with Gasteiger partial charge < -0.3 is 4.90 Å². The van der Waals surface area contributed by atoms with E-state index in [1.807, 2.05) is 24.8 Å². The summed E-state index contributed by atoms with van der Waals surface area (Å²) < 4.78 is 14.8. The van der Waals surface area contributed by atoms with Crippen LogP contribution in [0.3, 0.4) is 0 Å². The van der Waals surface area contributed by atoms with Gasteiger partial charge in [-0.15, -0.1) is 0 Å². The van der Waals surface area contributed by atoms with E-state index in [-0.39, 0.29) is 5.82 Å². The van der Waals surface area contributed by atoms with Crippen LogP contribution >= 0.6 is 0 Å². The Morgan fingerprint density at radius 1 is 0.929 bits per heavy atom. The van der Waals surface area contributed by atoms with Crippen LogP contribution < -0.4 is 4.90 Å². The minimum Gasteiger partial charge on any atom is -0.341 e. The summed E-state index contributed by atoms with van der Waals surface area (Å²) in [5.41, 5.74) is 3.03. The van der Waals surface area contributed by atoms with Gasteiger partial charge in [0.05, 0.1) is 11.9 Å². The molecular formula is C21H25FN6. The second-order valence-corrected chi connectivity index (χ2v) is 7.38. The Labute approximate surface area is 164 Å². The first kappa shape index (κ1) is 18.6. The molecule has 146 valence electrons. The fourth-order valence-electron chi connectivity index (χ4n) is 3.54. The molecule has 0 radical (unpaired) electrons. The second kappa shape index (κ2) is 8.48. The summed E-state index contributed by atoms with van der Waals surface area (Å²) in [5.74, 6) is 0.594. The number of anilines is 1. The van der Waals surface area contributed by atoms with E-state index in [1.165, 1.54) is 31.4 Å². The normalized spacial score (nSPS) is 14.6. The second-order valence-electron chi connectivity index (χ2n) is 7.38. The van der Waals surface area contributed by atoms with Gasteiger partial charge in [0.2, 0.25) is 5.95 Å². The first-order valence-electron chi connectivity index (χ1n) is 9.71. The highest BCUT2D eigenvalue weighted by Crippen LogP contribution is 2.16. The van der Waals surface area contributed by atoms with E-state index in [1.54, 1.807) is 16.8 Å². The third-order valence-electron chi connectivity index (χ3n) is 4.96. The van der Waals surface area contributed by atoms with Crippen molar-refractivity contribution >= 4 is 5.95 Å². The smallest absolute Gasteiger partial charge is 0.225 e. The molecule has 1 aliphatic heterocycles. The molecule has 28 heavy (non-hydrogen) atoms. The monoisotopic (exact) mass is 380 g/mol. The molecule has 0 saturated carbocycles. The molecule has 1 fully saturated rings. The fraction of sp³-hybridized carbons (Fsp3) is 0.381. The molecule has 3 aromatic rings. The van der Waals surface area contributed by atoms with E-state index in [9.17, 15) is 4.39 Å². The molecule has 0 N–H and O–H groups in total. The summed E-state index contributed by atoms with van der Waals surface area (Å²) in [6.07, 6.45) is 11.4. The zero-order chi connectivity index (χ0) is 19.3. The molecule has 0 unspecified atom stereocenters. The number of piperidine rings is 1. The molecule has 1 saturated heterocycles.